The molecule has 0 bridgehead atoms. The summed E-state index contributed by atoms with van der Waals surface area (Å²) in [6, 6.07) is 11.6. The van der Waals surface area contributed by atoms with E-state index in [9.17, 15) is 5.11 Å². The largest absolute Gasteiger partial charge is 0.486 e. The zero-order valence-electron chi connectivity index (χ0n) is 14.2. The Balaban J connectivity index is 1.32. The minimum Gasteiger partial charge on any atom is -0.486 e. The van der Waals surface area contributed by atoms with Crippen LogP contribution in [0.25, 0.3) is 0 Å². The summed E-state index contributed by atoms with van der Waals surface area (Å²) in [6.45, 7) is 5.16. The van der Waals surface area contributed by atoms with Crippen molar-refractivity contribution in [1.29, 1.82) is 0 Å². The monoisotopic (exact) mass is 341 g/mol. The molecule has 0 aliphatic carbocycles. The molecule has 0 amide bonds. The zero-order chi connectivity index (χ0) is 17.1. The van der Waals surface area contributed by atoms with Crippen LogP contribution in [-0.2, 0) is 6.61 Å². The highest BCUT2D eigenvalue weighted by Crippen LogP contribution is 2.31. The number of hydrogen-bond donors (Lipinski definition) is 1. The van der Waals surface area contributed by atoms with Crippen LogP contribution in [-0.4, -0.2) is 60.4 Å². The molecule has 6 nitrogen and oxygen atoms in total. The summed E-state index contributed by atoms with van der Waals surface area (Å²) >= 11 is 0. The average molecular weight is 341 g/mol. The van der Waals surface area contributed by atoms with Crippen LogP contribution in [0.4, 0.5) is 5.82 Å². The Hall–Kier alpha value is -2.31. The maximum Gasteiger partial charge on any atom is 0.161 e. The van der Waals surface area contributed by atoms with E-state index in [2.05, 4.69) is 14.8 Å². The summed E-state index contributed by atoms with van der Waals surface area (Å²) in [4.78, 5) is 9.09. The molecule has 0 radical (unpaired) electrons. The zero-order valence-corrected chi connectivity index (χ0v) is 14.2. The van der Waals surface area contributed by atoms with Gasteiger partial charge in [0.2, 0.25) is 0 Å². The van der Waals surface area contributed by atoms with Crippen LogP contribution >= 0.6 is 0 Å². The molecule has 6 heteroatoms. The van der Waals surface area contributed by atoms with Crippen molar-refractivity contribution in [3.8, 4) is 11.5 Å². The fraction of sp³-hybridized carbons (Fsp3) is 0.421. The van der Waals surface area contributed by atoms with E-state index in [1.54, 1.807) is 6.20 Å². The van der Waals surface area contributed by atoms with Gasteiger partial charge in [-0.25, -0.2) is 4.98 Å². The third-order valence-electron chi connectivity index (χ3n) is 4.74. The first kappa shape index (κ1) is 16.2. The molecule has 1 N–H and O–H groups in total. The molecule has 2 aromatic rings. The Labute approximate surface area is 147 Å². The quantitative estimate of drug-likeness (QED) is 0.910. The number of piperazine rings is 1. The number of benzene rings is 1. The number of fused-ring (bicyclic) bond motifs is 1. The molecule has 2 aliphatic heterocycles. The molecule has 2 aliphatic rings. The van der Waals surface area contributed by atoms with Gasteiger partial charge >= 0.3 is 0 Å². The van der Waals surface area contributed by atoms with E-state index in [0.29, 0.717) is 6.61 Å². The Kier molecular flexibility index (Phi) is 4.72. The van der Waals surface area contributed by atoms with Gasteiger partial charge in [-0.2, -0.15) is 0 Å². The molecule has 1 atom stereocenters. The maximum atomic E-state index is 9.49. The number of para-hydroxylation sites is 2. The SMILES string of the molecule is OCc1cccnc1N1CCN(CC2COc3ccccc3O2)CC1. The van der Waals surface area contributed by atoms with E-state index in [0.717, 1.165) is 55.6 Å². The Morgan fingerprint density at radius 1 is 1.04 bits per heavy atom. The van der Waals surface area contributed by atoms with E-state index < -0.39 is 0 Å². The summed E-state index contributed by atoms with van der Waals surface area (Å²) in [5, 5.41) is 9.49. The van der Waals surface area contributed by atoms with E-state index in [1.165, 1.54) is 0 Å². The molecule has 4 rings (SSSR count). The number of hydrogen-bond acceptors (Lipinski definition) is 6. The van der Waals surface area contributed by atoms with Gasteiger partial charge in [0.15, 0.2) is 11.5 Å². The molecule has 3 heterocycles. The van der Waals surface area contributed by atoms with Gasteiger partial charge in [0.05, 0.1) is 6.61 Å². The minimum atomic E-state index is 0.0239. The lowest BCUT2D eigenvalue weighted by atomic mass is 10.2. The van der Waals surface area contributed by atoms with Crippen molar-refractivity contribution in [1.82, 2.24) is 9.88 Å². The molecule has 1 fully saturated rings. The van der Waals surface area contributed by atoms with Gasteiger partial charge in [-0.05, 0) is 18.2 Å². The predicted octanol–water partition coefficient (Wildman–Crippen LogP) is 1.54. The molecule has 0 saturated carbocycles. The van der Waals surface area contributed by atoms with E-state index in [-0.39, 0.29) is 12.7 Å². The number of pyridine rings is 1. The highest BCUT2D eigenvalue weighted by Gasteiger charge is 2.26. The summed E-state index contributed by atoms with van der Waals surface area (Å²) in [5.41, 5.74) is 0.886. The molecular weight excluding hydrogens is 318 g/mol. The van der Waals surface area contributed by atoms with Gasteiger partial charge in [0.1, 0.15) is 18.5 Å². The molecule has 1 aromatic carbocycles. The van der Waals surface area contributed by atoms with Crippen LogP contribution < -0.4 is 14.4 Å². The summed E-state index contributed by atoms with van der Waals surface area (Å²) in [6.07, 6.45) is 1.84. The van der Waals surface area contributed by atoms with E-state index >= 15 is 0 Å². The van der Waals surface area contributed by atoms with Crippen molar-refractivity contribution in [2.24, 2.45) is 0 Å². The van der Waals surface area contributed by atoms with Gasteiger partial charge < -0.3 is 19.5 Å². The number of rotatable bonds is 4. The van der Waals surface area contributed by atoms with Crippen molar-refractivity contribution >= 4 is 5.82 Å². The summed E-state index contributed by atoms with van der Waals surface area (Å²) < 4.78 is 11.9. The molecule has 1 aromatic heterocycles. The highest BCUT2D eigenvalue weighted by molar-refractivity contribution is 5.46. The highest BCUT2D eigenvalue weighted by atomic mass is 16.6. The van der Waals surface area contributed by atoms with Crippen LogP contribution in [0.1, 0.15) is 5.56 Å². The second kappa shape index (κ2) is 7.29. The summed E-state index contributed by atoms with van der Waals surface area (Å²) in [5.74, 6) is 2.56. The average Bonchev–Trinajstić information content (AvgIpc) is 2.68. The van der Waals surface area contributed by atoms with Crippen LogP contribution in [0.3, 0.4) is 0 Å². The first-order chi connectivity index (χ1) is 12.3. The van der Waals surface area contributed by atoms with Crippen molar-refractivity contribution in [3.63, 3.8) is 0 Å². The number of aromatic nitrogens is 1. The van der Waals surface area contributed by atoms with Crippen molar-refractivity contribution < 1.29 is 14.6 Å². The normalized spacial score (nSPS) is 20.5. The second-order valence-corrected chi connectivity index (χ2v) is 6.43. The third kappa shape index (κ3) is 3.55. The first-order valence-electron chi connectivity index (χ1n) is 8.74. The molecular formula is C19H23N3O3. The lowest BCUT2D eigenvalue weighted by molar-refractivity contribution is 0.0570. The molecule has 1 unspecified atom stereocenters. The fourth-order valence-corrected chi connectivity index (χ4v) is 3.42. The standard InChI is InChI=1S/C19H23N3O3/c23-13-15-4-3-7-20-19(15)22-10-8-21(9-11-22)12-16-14-24-17-5-1-2-6-18(17)25-16/h1-7,16,23H,8-14H2. The van der Waals surface area contributed by atoms with Crippen molar-refractivity contribution in [2.45, 2.75) is 12.7 Å². The lowest BCUT2D eigenvalue weighted by Crippen LogP contribution is -2.51. The number of aliphatic hydroxyl groups is 1. The van der Waals surface area contributed by atoms with Crippen molar-refractivity contribution in [3.05, 3.63) is 48.2 Å². The number of ether oxygens (including phenoxy) is 2. The van der Waals surface area contributed by atoms with Crippen LogP contribution in [0.2, 0.25) is 0 Å². The van der Waals surface area contributed by atoms with Gasteiger partial charge in [-0.15, -0.1) is 0 Å². The smallest absolute Gasteiger partial charge is 0.161 e. The number of aliphatic hydroxyl groups excluding tert-OH is 1. The first-order valence-corrected chi connectivity index (χ1v) is 8.74. The van der Waals surface area contributed by atoms with Crippen molar-refractivity contribution in [2.75, 3.05) is 44.2 Å². The van der Waals surface area contributed by atoms with E-state index in [4.69, 9.17) is 9.47 Å². The summed E-state index contributed by atoms with van der Waals surface area (Å²) in [7, 11) is 0. The predicted molar refractivity (Wildman–Crippen MR) is 95.2 cm³/mol. The van der Waals surface area contributed by atoms with Gasteiger partial charge in [-0.3, -0.25) is 4.90 Å². The van der Waals surface area contributed by atoms with Gasteiger partial charge in [-0.1, -0.05) is 18.2 Å². The van der Waals surface area contributed by atoms with Crippen LogP contribution in [0.15, 0.2) is 42.6 Å². The van der Waals surface area contributed by atoms with Gasteiger partial charge in [0, 0.05) is 44.5 Å². The second-order valence-electron chi connectivity index (χ2n) is 6.43. The topological polar surface area (TPSA) is 58.1 Å². The van der Waals surface area contributed by atoms with E-state index in [1.807, 2.05) is 36.4 Å². The Morgan fingerprint density at radius 3 is 2.64 bits per heavy atom. The Morgan fingerprint density at radius 2 is 1.84 bits per heavy atom. The lowest BCUT2D eigenvalue weighted by Gasteiger charge is -2.38. The third-order valence-corrected chi connectivity index (χ3v) is 4.74. The van der Waals surface area contributed by atoms with Crippen LogP contribution in [0, 0.1) is 0 Å². The number of nitrogens with zero attached hydrogens (tertiary/aromatic N) is 3. The fourth-order valence-electron chi connectivity index (χ4n) is 3.42. The van der Waals surface area contributed by atoms with Crippen LogP contribution in [0.5, 0.6) is 11.5 Å². The maximum absolute atomic E-state index is 9.49. The molecule has 1 saturated heterocycles. The minimum absolute atomic E-state index is 0.0239. The molecule has 0 spiro atoms. The molecule has 132 valence electrons. The molecule has 25 heavy (non-hydrogen) atoms. The Bertz CT molecular complexity index is 717. The number of anilines is 1. The van der Waals surface area contributed by atoms with Gasteiger partial charge in [0.25, 0.3) is 0 Å².